The minimum Gasteiger partial charge on any atom is -0.428 e. The molecular formula is C9H4BrFN2O3S. The summed E-state index contributed by atoms with van der Waals surface area (Å²) in [5.41, 5.74) is -0.324. The highest BCUT2D eigenvalue weighted by Gasteiger charge is 2.13. The number of hydrogen-bond acceptors (Lipinski definition) is 5. The van der Waals surface area contributed by atoms with E-state index in [1.807, 2.05) is 0 Å². The highest BCUT2D eigenvalue weighted by Crippen LogP contribution is 2.30. The van der Waals surface area contributed by atoms with Crippen LogP contribution in [-0.2, 0) is 0 Å². The molecule has 2 rings (SSSR count). The van der Waals surface area contributed by atoms with Crippen molar-refractivity contribution in [2.75, 3.05) is 0 Å². The second-order valence-corrected chi connectivity index (χ2v) is 4.54. The summed E-state index contributed by atoms with van der Waals surface area (Å²) in [6, 6.07) is 3.17. The summed E-state index contributed by atoms with van der Waals surface area (Å²) in [5.74, 6) is -0.900. The molecule has 0 radical (unpaired) electrons. The van der Waals surface area contributed by atoms with E-state index < -0.39 is 10.7 Å². The Labute approximate surface area is 107 Å². The molecule has 1 heterocycles. The number of rotatable bonds is 3. The lowest BCUT2D eigenvalue weighted by atomic mass is 10.3. The standard InChI is InChI=1S/C9H4BrFN2O3S/c10-8-4-17-9(12-8)16-7-2-1-5(13(14)15)3-6(7)11/h1-4H. The molecule has 1 aromatic carbocycles. The van der Waals surface area contributed by atoms with Crippen LogP contribution in [-0.4, -0.2) is 9.91 Å². The van der Waals surface area contributed by atoms with Crippen molar-refractivity contribution in [2.45, 2.75) is 0 Å². The normalized spacial score (nSPS) is 10.2. The number of thiazole rings is 1. The van der Waals surface area contributed by atoms with Crippen LogP contribution in [0.3, 0.4) is 0 Å². The molecule has 2 aromatic rings. The lowest BCUT2D eigenvalue weighted by molar-refractivity contribution is -0.385. The third-order valence-corrected chi connectivity index (χ3v) is 3.21. The smallest absolute Gasteiger partial charge is 0.279 e. The number of hydrogen-bond donors (Lipinski definition) is 0. The summed E-state index contributed by atoms with van der Waals surface area (Å²) < 4.78 is 19.2. The Morgan fingerprint density at radius 3 is 2.82 bits per heavy atom. The summed E-state index contributed by atoms with van der Waals surface area (Å²) in [4.78, 5) is 13.7. The summed E-state index contributed by atoms with van der Waals surface area (Å²) in [7, 11) is 0. The first-order chi connectivity index (χ1) is 8.06. The minimum atomic E-state index is -0.800. The summed E-state index contributed by atoms with van der Waals surface area (Å²) in [6.45, 7) is 0. The van der Waals surface area contributed by atoms with Crippen LogP contribution in [0.1, 0.15) is 0 Å². The summed E-state index contributed by atoms with van der Waals surface area (Å²) in [6.07, 6.45) is 0. The first kappa shape index (κ1) is 11.9. The van der Waals surface area contributed by atoms with Crippen LogP contribution >= 0.6 is 27.3 Å². The van der Waals surface area contributed by atoms with Crippen LogP contribution in [0.4, 0.5) is 10.1 Å². The zero-order valence-corrected chi connectivity index (χ0v) is 10.5. The average molecular weight is 319 g/mol. The van der Waals surface area contributed by atoms with Gasteiger partial charge in [0.15, 0.2) is 11.6 Å². The molecule has 0 amide bonds. The number of nitro benzene ring substituents is 1. The molecule has 0 fully saturated rings. The van der Waals surface area contributed by atoms with Crippen molar-refractivity contribution in [3.8, 4) is 10.9 Å². The average Bonchev–Trinajstić information content (AvgIpc) is 2.67. The van der Waals surface area contributed by atoms with Gasteiger partial charge in [-0.05, 0) is 22.0 Å². The van der Waals surface area contributed by atoms with Crippen molar-refractivity contribution in [2.24, 2.45) is 0 Å². The topological polar surface area (TPSA) is 65.3 Å². The van der Waals surface area contributed by atoms with Gasteiger partial charge in [0.25, 0.3) is 10.9 Å². The molecular weight excluding hydrogens is 315 g/mol. The molecule has 0 saturated carbocycles. The maximum Gasteiger partial charge on any atom is 0.279 e. The van der Waals surface area contributed by atoms with Crippen molar-refractivity contribution in [3.05, 3.63) is 44.1 Å². The van der Waals surface area contributed by atoms with Crippen molar-refractivity contribution >= 4 is 33.0 Å². The Morgan fingerprint density at radius 1 is 1.53 bits per heavy atom. The fourth-order valence-corrected chi connectivity index (χ4v) is 2.16. The molecule has 88 valence electrons. The maximum absolute atomic E-state index is 13.4. The van der Waals surface area contributed by atoms with E-state index in [0.717, 1.165) is 6.07 Å². The van der Waals surface area contributed by atoms with Gasteiger partial charge >= 0.3 is 0 Å². The monoisotopic (exact) mass is 318 g/mol. The molecule has 0 atom stereocenters. The Kier molecular flexibility index (Phi) is 3.34. The molecule has 1 aromatic heterocycles. The van der Waals surface area contributed by atoms with Crippen molar-refractivity contribution in [1.29, 1.82) is 0 Å². The predicted molar refractivity (Wildman–Crippen MR) is 62.9 cm³/mol. The zero-order valence-electron chi connectivity index (χ0n) is 8.09. The number of nitrogens with zero attached hydrogens (tertiary/aromatic N) is 2. The minimum absolute atomic E-state index is 0.0996. The van der Waals surface area contributed by atoms with E-state index in [2.05, 4.69) is 20.9 Å². The number of nitro groups is 1. The molecule has 0 unspecified atom stereocenters. The van der Waals surface area contributed by atoms with Crippen LogP contribution in [0.25, 0.3) is 0 Å². The predicted octanol–water partition coefficient (Wildman–Crippen LogP) is 3.75. The van der Waals surface area contributed by atoms with Gasteiger partial charge in [0.2, 0.25) is 0 Å². The van der Waals surface area contributed by atoms with Crippen LogP contribution in [0, 0.1) is 15.9 Å². The van der Waals surface area contributed by atoms with Gasteiger partial charge in [-0.3, -0.25) is 10.1 Å². The van der Waals surface area contributed by atoms with Crippen molar-refractivity contribution < 1.29 is 14.1 Å². The first-order valence-corrected chi connectivity index (χ1v) is 5.96. The van der Waals surface area contributed by atoms with Crippen molar-refractivity contribution in [3.63, 3.8) is 0 Å². The second-order valence-electron chi connectivity index (χ2n) is 2.91. The highest BCUT2D eigenvalue weighted by molar-refractivity contribution is 9.10. The quantitative estimate of drug-likeness (QED) is 0.638. The van der Waals surface area contributed by atoms with Crippen LogP contribution in [0.2, 0.25) is 0 Å². The number of ether oxygens (including phenoxy) is 1. The van der Waals surface area contributed by atoms with E-state index in [-0.39, 0.29) is 16.6 Å². The van der Waals surface area contributed by atoms with Gasteiger partial charge in [-0.15, -0.1) is 0 Å². The Bertz CT molecular complexity index is 575. The fraction of sp³-hybridized carbons (Fsp3) is 0. The van der Waals surface area contributed by atoms with E-state index in [9.17, 15) is 14.5 Å². The molecule has 0 aliphatic heterocycles. The van der Waals surface area contributed by atoms with E-state index >= 15 is 0 Å². The van der Waals surface area contributed by atoms with Gasteiger partial charge in [-0.2, -0.15) is 4.98 Å². The molecule has 0 bridgehead atoms. The number of aromatic nitrogens is 1. The second kappa shape index (κ2) is 4.76. The molecule has 0 spiro atoms. The molecule has 5 nitrogen and oxygen atoms in total. The maximum atomic E-state index is 13.4. The first-order valence-electron chi connectivity index (χ1n) is 4.29. The number of non-ortho nitro benzene ring substituents is 1. The fourth-order valence-electron chi connectivity index (χ4n) is 1.07. The Hall–Kier alpha value is -1.54. The van der Waals surface area contributed by atoms with Gasteiger partial charge in [-0.1, -0.05) is 11.3 Å². The molecule has 0 aliphatic rings. The summed E-state index contributed by atoms with van der Waals surface area (Å²) >= 11 is 4.31. The zero-order chi connectivity index (χ0) is 12.4. The number of halogens is 2. The van der Waals surface area contributed by atoms with Gasteiger partial charge in [-0.25, -0.2) is 4.39 Å². The largest absolute Gasteiger partial charge is 0.428 e. The van der Waals surface area contributed by atoms with Gasteiger partial charge in [0.1, 0.15) is 4.60 Å². The SMILES string of the molecule is O=[N+]([O-])c1ccc(Oc2nc(Br)cs2)c(F)c1. The molecule has 0 saturated heterocycles. The van der Waals surface area contributed by atoms with Crippen LogP contribution in [0.15, 0.2) is 28.2 Å². The van der Waals surface area contributed by atoms with E-state index in [1.54, 1.807) is 5.38 Å². The van der Waals surface area contributed by atoms with Gasteiger partial charge < -0.3 is 4.74 Å². The molecule has 8 heteroatoms. The van der Waals surface area contributed by atoms with Gasteiger partial charge in [0.05, 0.1) is 11.0 Å². The van der Waals surface area contributed by atoms with Crippen LogP contribution in [0.5, 0.6) is 10.9 Å². The van der Waals surface area contributed by atoms with Gasteiger partial charge in [0, 0.05) is 11.4 Å². The molecule has 17 heavy (non-hydrogen) atoms. The highest BCUT2D eigenvalue weighted by atomic mass is 79.9. The Balaban J connectivity index is 2.25. The Morgan fingerprint density at radius 2 is 2.29 bits per heavy atom. The van der Waals surface area contributed by atoms with Crippen LogP contribution < -0.4 is 4.74 Å². The molecule has 0 N–H and O–H groups in total. The lowest BCUT2D eigenvalue weighted by Crippen LogP contribution is -1.92. The lowest BCUT2D eigenvalue weighted by Gasteiger charge is -2.02. The number of benzene rings is 1. The summed E-state index contributed by atoms with van der Waals surface area (Å²) in [5, 5.41) is 12.3. The molecule has 0 aliphatic carbocycles. The van der Waals surface area contributed by atoms with Crippen molar-refractivity contribution in [1.82, 2.24) is 4.98 Å². The van der Waals surface area contributed by atoms with E-state index in [0.29, 0.717) is 4.60 Å². The third kappa shape index (κ3) is 2.77. The third-order valence-electron chi connectivity index (χ3n) is 1.78. The van der Waals surface area contributed by atoms with E-state index in [1.165, 1.54) is 23.5 Å². The van der Waals surface area contributed by atoms with E-state index in [4.69, 9.17) is 4.74 Å².